The van der Waals surface area contributed by atoms with Gasteiger partial charge in [0.15, 0.2) is 0 Å². The fraction of sp³-hybridized carbons (Fsp3) is 0.294. The van der Waals surface area contributed by atoms with Crippen molar-refractivity contribution in [2.45, 2.75) is 25.8 Å². The molecule has 2 aromatic rings. The minimum Gasteiger partial charge on any atom is -0.341 e. The summed E-state index contributed by atoms with van der Waals surface area (Å²) in [5.41, 5.74) is 11.1. The van der Waals surface area contributed by atoms with Crippen molar-refractivity contribution in [2.75, 3.05) is 11.4 Å². The average Bonchev–Trinajstić information content (AvgIpc) is 2.84. The van der Waals surface area contributed by atoms with Gasteiger partial charge in [-0.1, -0.05) is 35.9 Å². The molecule has 1 heterocycles. The van der Waals surface area contributed by atoms with Crippen molar-refractivity contribution in [3.63, 3.8) is 0 Å². The summed E-state index contributed by atoms with van der Waals surface area (Å²) in [5.74, 6) is 0. The van der Waals surface area contributed by atoms with Crippen LogP contribution in [0.4, 0.5) is 11.4 Å². The van der Waals surface area contributed by atoms with Gasteiger partial charge in [0.25, 0.3) is 0 Å². The highest BCUT2D eigenvalue weighted by molar-refractivity contribution is 6.30. The molecule has 1 aliphatic rings. The minimum atomic E-state index is 0.146. The molecular formula is C17H19ClN2. The first-order chi connectivity index (χ1) is 9.65. The monoisotopic (exact) mass is 286 g/mol. The van der Waals surface area contributed by atoms with E-state index in [1.54, 1.807) is 0 Å². The molecule has 0 spiro atoms. The van der Waals surface area contributed by atoms with Gasteiger partial charge in [0.2, 0.25) is 0 Å². The molecule has 1 aliphatic heterocycles. The molecule has 0 saturated carbocycles. The third kappa shape index (κ3) is 2.54. The maximum absolute atomic E-state index is 6.20. The van der Waals surface area contributed by atoms with E-state index in [0.29, 0.717) is 0 Å². The summed E-state index contributed by atoms with van der Waals surface area (Å²) in [7, 11) is 0. The van der Waals surface area contributed by atoms with Gasteiger partial charge in [0, 0.05) is 29.0 Å². The molecule has 2 nitrogen and oxygen atoms in total. The van der Waals surface area contributed by atoms with Crippen molar-refractivity contribution >= 4 is 23.0 Å². The molecule has 104 valence electrons. The lowest BCUT2D eigenvalue weighted by Crippen LogP contribution is -2.21. The molecule has 0 saturated heterocycles. The third-order valence-corrected chi connectivity index (χ3v) is 4.00. The van der Waals surface area contributed by atoms with Crippen LogP contribution in [-0.4, -0.2) is 12.6 Å². The molecule has 1 atom stereocenters. The van der Waals surface area contributed by atoms with E-state index in [-0.39, 0.29) is 6.04 Å². The first-order valence-corrected chi connectivity index (χ1v) is 7.42. The molecule has 0 aliphatic carbocycles. The second-order valence-corrected chi connectivity index (χ2v) is 5.92. The van der Waals surface area contributed by atoms with Gasteiger partial charge in [0.1, 0.15) is 0 Å². The van der Waals surface area contributed by atoms with Gasteiger partial charge in [-0.05, 0) is 49.1 Å². The van der Waals surface area contributed by atoms with E-state index in [0.717, 1.165) is 24.4 Å². The van der Waals surface area contributed by atoms with Crippen molar-refractivity contribution in [2.24, 2.45) is 5.73 Å². The Morgan fingerprint density at radius 3 is 2.80 bits per heavy atom. The Morgan fingerprint density at radius 2 is 2.00 bits per heavy atom. The Morgan fingerprint density at radius 1 is 1.20 bits per heavy atom. The van der Waals surface area contributed by atoms with Crippen LogP contribution in [0.3, 0.4) is 0 Å². The molecule has 3 rings (SSSR count). The smallest absolute Gasteiger partial charge is 0.0458 e. The number of hydrogen-bond donors (Lipinski definition) is 1. The maximum Gasteiger partial charge on any atom is 0.0458 e. The molecule has 0 fully saturated rings. The van der Waals surface area contributed by atoms with Crippen molar-refractivity contribution in [1.82, 2.24) is 0 Å². The van der Waals surface area contributed by atoms with E-state index in [9.17, 15) is 0 Å². The van der Waals surface area contributed by atoms with E-state index in [4.69, 9.17) is 17.3 Å². The normalized spacial score (nSPS) is 15.2. The topological polar surface area (TPSA) is 29.3 Å². The quantitative estimate of drug-likeness (QED) is 0.926. The lowest BCUT2D eigenvalue weighted by Gasteiger charge is -2.24. The molecule has 0 bridgehead atoms. The van der Waals surface area contributed by atoms with Crippen LogP contribution in [-0.2, 0) is 12.8 Å². The molecule has 2 N–H and O–H groups in total. The summed E-state index contributed by atoms with van der Waals surface area (Å²) in [6.45, 7) is 3.04. The Labute approximate surface area is 125 Å². The number of fused-ring (bicyclic) bond motifs is 1. The van der Waals surface area contributed by atoms with Gasteiger partial charge in [0.05, 0.1) is 0 Å². The first kappa shape index (κ1) is 13.5. The number of rotatable bonds is 3. The molecule has 0 radical (unpaired) electrons. The number of benzene rings is 2. The van der Waals surface area contributed by atoms with E-state index in [2.05, 4.69) is 41.3 Å². The van der Waals surface area contributed by atoms with Crippen LogP contribution >= 0.6 is 11.6 Å². The predicted molar refractivity (Wildman–Crippen MR) is 86.0 cm³/mol. The summed E-state index contributed by atoms with van der Waals surface area (Å²) in [4.78, 5) is 2.36. The second kappa shape index (κ2) is 5.47. The number of nitrogens with two attached hydrogens (primary N) is 1. The standard InChI is InChI=1S/C17H19ClN2/c1-12(19)10-14-6-7-15(18)11-17(14)20-9-8-13-4-2-3-5-16(13)20/h2-7,11-12H,8-10,19H2,1H3. The molecule has 0 amide bonds. The zero-order chi connectivity index (χ0) is 14.1. The van der Waals surface area contributed by atoms with Crippen molar-refractivity contribution < 1.29 is 0 Å². The Kier molecular flexibility index (Phi) is 3.68. The van der Waals surface area contributed by atoms with Crippen LogP contribution in [0.2, 0.25) is 5.02 Å². The third-order valence-electron chi connectivity index (χ3n) is 3.77. The Hall–Kier alpha value is -1.51. The zero-order valence-corrected chi connectivity index (χ0v) is 12.4. The highest BCUT2D eigenvalue weighted by Gasteiger charge is 2.22. The highest BCUT2D eigenvalue weighted by Crippen LogP contribution is 2.37. The summed E-state index contributed by atoms with van der Waals surface area (Å²) in [5, 5.41) is 0.776. The molecular weight excluding hydrogens is 268 g/mol. The molecule has 1 unspecified atom stereocenters. The van der Waals surface area contributed by atoms with Crippen molar-refractivity contribution in [1.29, 1.82) is 0 Å². The average molecular weight is 287 g/mol. The van der Waals surface area contributed by atoms with E-state index in [1.165, 1.54) is 22.5 Å². The Balaban J connectivity index is 2.04. The second-order valence-electron chi connectivity index (χ2n) is 5.48. The number of anilines is 2. The van der Waals surface area contributed by atoms with Crippen molar-refractivity contribution in [3.05, 3.63) is 58.6 Å². The fourth-order valence-electron chi connectivity index (χ4n) is 2.90. The Bertz CT molecular complexity index is 622. The summed E-state index contributed by atoms with van der Waals surface area (Å²) in [6, 6.07) is 14.8. The van der Waals surface area contributed by atoms with Gasteiger partial charge in [-0.3, -0.25) is 0 Å². The summed E-state index contributed by atoms with van der Waals surface area (Å²) in [6.07, 6.45) is 1.95. The molecule has 0 aromatic heterocycles. The van der Waals surface area contributed by atoms with Crippen LogP contribution < -0.4 is 10.6 Å². The van der Waals surface area contributed by atoms with Crippen molar-refractivity contribution in [3.8, 4) is 0 Å². The number of halogens is 1. The number of hydrogen-bond acceptors (Lipinski definition) is 2. The minimum absolute atomic E-state index is 0.146. The highest BCUT2D eigenvalue weighted by atomic mass is 35.5. The summed E-state index contributed by atoms with van der Waals surface area (Å²) < 4.78 is 0. The van der Waals surface area contributed by atoms with Crippen LogP contribution in [0.15, 0.2) is 42.5 Å². The van der Waals surface area contributed by atoms with Crippen LogP contribution in [0.5, 0.6) is 0 Å². The van der Waals surface area contributed by atoms with Gasteiger partial charge >= 0.3 is 0 Å². The predicted octanol–water partition coefficient (Wildman–Crippen LogP) is 3.92. The van der Waals surface area contributed by atoms with Gasteiger partial charge in [-0.25, -0.2) is 0 Å². The van der Waals surface area contributed by atoms with Crippen LogP contribution in [0.25, 0.3) is 0 Å². The van der Waals surface area contributed by atoms with Gasteiger partial charge in [-0.2, -0.15) is 0 Å². The number of nitrogens with zero attached hydrogens (tertiary/aromatic N) is 1. The maximum atomic E-state index is 6.20. The molecule has 20 heavy (non-hydrogen) atoms. The molecule has 2 aromatic carbocycles. The SMILES string of the molecule is CC(N)Cc1ccc(Cl)cc1N1CCc2ccccc21. The lowest BCUT2D eigenvalue weighted by atomic mass is 10.0. The van der Waals surface area contributed by atoms with E-state index < -0.39 is 0 Å². The lowest BCUT2D eigenvalue weighted by molar-refractivity contribution is 0.736. The molecule has 3 heteroatoms. The summed E-state index contributed by atoms with van der Waals surface area (Å²) >= 11 is 6.20. The van der Waals surface area contributed by atoms with E-state index >= 15 is 0 Å². The largest absolute Gasteiger partial charge is 0.341 e. The van der Waals surface area contributed by atoms with E-state index in [1.807, 2.05) is 13.0 Å². The zero-order valence-electron chi connectivity index (χ0n) is 11.6. The fourth-order valence-corrected chi connectivity index (χ4v) is 3.06. The van der Waals surface area contributed by atoms with Gasteiger partial charge in [-0.15, -0.1) is 0 Å². The van der Waals surface area contributed by atoms with Crippen LogP contribution in [0, 0.1) is 0 Å². The number of para-hydroxylation sites is 1. The first-order valence-electron chi connectivity index (χ1n) is 7.04. The van der Waals surface area contributed by atoms with Gasteiger partial charge < -0.3 is 10.6 Å². The van der Waals surface area contributed by atoms with Crippen LogP contribution in [0.1, 0.15) is 18.1 Å².